The SMILES string of the molecule is BrC[C@@]12[C@H]3[C@H]4[C@@H]5[C@H]1[C@H]2[C@](Br)([C@@H]43)C51OCCO1. The summed E-state index contributed by atoms with van der Waals surface area (Å²) in [5, 5.41) is 1.20. The van der Waals surface area contributed by atoms with Crippen molar-refractivity contribution < 1.29 is 9.47 Å². The summed E-state index contributed by atoms with van der Waals surface area (Å²) in [6.45, 7) is 1.60. The van der Waals surface area contributed by atoms with Gasteiger partial charge in [-0.15, -0.1) is 0 Å². The van der Waals surface area contributed by atoms with Crippen molar-refractivity contribution in [3.63, 3.8) is 0 Å². The normalized spacial score (nSPS) is 77.6. The molecule has 7 rings (SSSR count). The van der Waals surface area contributed by atoms with Gasteiger partial charge in [-0.05, 0) is 35.0 Å². The maximum atomic E-state index is 6.11. The number of halogens is 2. The van der Waals surface area contributed by atoms with Crippen LogP contribution in [0, 0.1) is 40.9 Å². The summed E-state index contributed by atoms with van der Waals surface area (Å²) < 4.78 is 12.4. The molecule has 86 valence electrons. The summed E-state index contributed by atoms with van der Waals surface area (Å²) in [5.74, 6) is 5.01. The monoisotopic (exact) mass is 346 g/mol. The number of hydrogen-bond acceptors (Lipinski definition) is 2. The van der Waals surface area contributed by atoms with E-state index in [0.717, 1.165) is 42.8 Å². The van der Waals surface area contributed by atoms with Gasteiger partial charge in [0.25, 0.3) is 0 Å². The molecular formula is C12H12Br2O2. The Morgan fingerprint density at radius 2 is 1.81 bits per heavy atom. The molecule has 0 N–H and O–H groups in total. The molecule has 0 unspecified atom stereocenters. The van der Waals surface area contributed by atoms with Gasteiger partial charge < -0.3 is 9.47 Å². The zero-order valence-electron chi connectivity index (χ0n) is 8.66. The second-order valence-corrected chi connectivity index (χ2v) is 8.41. The Hall–Kier alpha value is 0.880. The minimum atomic E-state index is -0.212. The van der Waals surface area contributed by atoms with Crippen LogP contribution < -0.4 is 0 Å². The van der Waals surface area contributed by atoms with Crippen LogP contribution in [0.1, 0.15) is 0 Å². The van der Waals surface area contributed by atoms with Crippen LogP contribution in [0.4, 0.5) is 0 Å². The molecular weight excluding hydrogens is 336 g/mol. The Balaban J connectivity index is 1.63. The molecule has 0 aromatic heterocycles. The minimum absolute atomic E-state index is 0.189. The number of alkyl halides is 2. The molecule has 7 fully saturated rings. The summed E-state index contributed by atoms with van der Waals surface area (Å²) in [5.41, 5.74) is 0.643. The predicted octanol–water partition coefficient (Wildman–Crippen LogP) is 2.01. The second kappa shape index (κ2) is 2.00. The fourth-order valence-corrected chi connectivity index (χ4v) is 9.76. The summed E-state index contributed by atoms with van der Waals surface area (Å²) in [7, 11) is 0. The molecule has 2 nitrogen and oxygen atoms in total. The third-order valence-corrected chi connectivity index (χ3v) is 9.35. The highest BCUT2D eigenvalue weighted by Crippen LogP contribution is 3.04. The van der Waals surface area contributed by atoms with Crippen LogP contribution in [0.15, 0.2) is 0 Å². The topological polar surface area (TPSA) is 18.5 Å². The molecule has 1 heterocycles. The summed E-state index contributed by atoms with van der Waals surface area (Å²) in [6, 6.07) is 0. The zero-order valence-corrected chi connectivity index (χ0v) is 11.8. The fourth-order valence-electron chi connectivity index (χ4n) is 6.87. The Bertz CT molecular complexity index is 448. The van der Waals surface area contributed by atoms with Crippen molar-refractivity contribution in [1.29, 1.82) is 0 Å². The van der Waals surface area contributed by atoms with Crippen LogP contribution in [0.5, 0.6) is 0 Å². The van der Waals surface area contributed by atoms with Crippen molar-refractivity contribution in [3.05, 3.63) is 0 Å². The zero-order chi connectivity index (χ0) is 10.5. The Labute approximate surface area is 111 Å². The highest BCUT2D eigenvalue weighted by molar-refractivity contribution is 9.10. The first-order valence-corrected chi connectivity index (χ1v) is 8.19. The summed E-state index contributed by atoms with van der Waals surface area (Å²) >= 11 is 7.89. The smallest absolute Gasteiger partial charge is 0.187 e. The van der Waals surface area contributed by atoms with E-state index in [1.54, 1.807) is 0 Å². The van der Waals surface area contributed by atoms with Gasteiger partial charge in [0.15, 0.2) is 5.79 Å². The largest absolute Gasteiger partial charge is 0.346 e. The van der Waals surface area contributed by atoms with Gasteiger partial charge in [-0.25, -0.2) is 0 Å². The molecule has 1 aliphatic heterocycles. The summed E-state index contributed by atoms with van der Waals surface area (Å²) in [6.07, 6.45) is 0. The van der Waals surface area contributed by atoms with Crippen LogP contribution in [0.3, 0.4) is 0 Å². The maximum Gasteiger partial charge on any atom is 0.187 e. The van der Waals surface area contributed by atoms with Gasteiger partial charge >= 0.3 is 0 Å². The van der Waals surface area contributed by atoms with E-state index >= 15 is 0 Å². The van der Waals surface area contributed by atoms with E-state index in [2.05, 4.69) is 31.9 Å². The molecule has 8 atom stereocenters. The quantitative estimate of drug-likeness (QED) is 0.675. The van der Waals surface area contributed by atoms with Gasteiger partial charge in [-0.3, -0.25) is 0 Å². The van der Waals surface area contributed by atoms with Gasteiger partial charge in [0.1, 0.15) is 0 Å². The van der Waals surface area contributed by atoms with Crippen molar-refractivity contribution in [2.24, 2.45) is 40.9 Å². The van der Waals surface area contributed by atoms with Gasteiger partial charge in [0.05, 0.1) is 17.5 Å². The number of ether oxygens (including phenoxy) is 2. The Morgan fingerprint density at radius 3 is 2.25 bits per heavy atom. The molecule has 0 aromatic rings. The van der Waals surface area contributed by atoms with Gasteiger partial charge in [0, 0.05) is 11.2 Å². The van der Waals surface area contributed by atoms with Crippen molar-refractivity contribution in [2.45, 2.75) is 10.1 Å². The molecule has 6 saturated carbocycles. The molecule has 16 heavy (non-hydrogen) atoms. The van der Waals surface area contributed by atoms with Crippen LogP contribution in [0.25, 0.3) is 0 Å². The van der Waals surface area contributed by atoms with Crippen LogP contribution in [-0.4, -0.2) is 28.7 Å². The van der Waals surface area contributed by atoms with Gasteiger partial charge in [-0.1, -0.05) is 31.9 Å². The molecule has 1 saturated heterocycles. The van der Waals surface area contributed by atoms with E-state index in [-0.39, 0.29) is 10.1 Å². The maximum absolute atomic E-state index is 6.11. The lowest BCUT2D eigenvalue weighted by atomic mass is 9.95. The van der Waals surface area contributed by atoms with E-state index in [9.17, 15) is 0 Å². The molecule has 1 spiro atoms. The molecule has 7 aliphatic rings. The standard InChI is InChI=1S/C12H12Br2O2/c13-3-10-5-4-6(5)11(14)9(10)8(10)7(4)12(11)15-1-2-16-12/h4-9H,1-3H2/t4-,5+,6+,7-,8+,9-,10-,11-/m1/s1. The van der Waals surface area contributed by atoms with Crippen LogP contribution in [0.2, 0.25) is 0 Å². The molecule has 0 radical (unpaired) electrons. The lowest BCUT2D eigenvalue weighted by Gasteiger charge is -2.37. The Kier molecular flexibility index (Phi) is 1.11. The van der Waals surface area contributed by atoms with Crippen LogP contribution >= 0.6 is 31.9 Å². The third-order valence-electron chi connectivity index (χ3n) is 6.81. The van der Waals surface area contributed by atoms with E-state index < -0.39 is 0 Å². The molecule has 0 aromatic carbocycles. The van der Waals surface area contributed by atoms with Gasteiger partial charge in [-0.2, -0.15) is 0 Å². The van der Waals surface area contributed by atoms with E-state index in [4.69, 9.17) is 9.47 Å². The van der Waals surface area contributed by atoms with E-state index in [1.807, 2.05) is 0 Å². The molecule has 6 aliphatic carbocycles. The minimum Gasteiger partial charge on any atom is -0.346 e. The highest BCUT2D eigenvalue weighted by atomic mass is 79.9. The third kappa shape index (κ3) is 0.473. The number of rotatable bonds is 1. The molecule has 4 heteroatoms. The first kappa shape index (κ1) is 8.89. The average molecular weight is 348 g/mol. The predicted molar refractivity (Wildman–Crippen MR) is 63.5 cm³/mol. The average Bonchev–Trinajstić information content (AvgIpc) is 2.97. The molecule has 2 bridgehead atoms. The first-order valence-electron chi connectivity index (χ1n) is 6.28. The van der Waals surface area contributed by atoms with Crippen molar-refractivity contribution in [3.8, 4) is 0 Å². The van der Waals surface area contributed by atoms with E-state index in [1.165, 1.54) is 5.33 Å². The Morgan fingerprint density at radius 1 is 1.06 bits per heavy atom. The van der Waals surface area contributed by atoms with Crippen molar-refractivity contribution in [2.75, 3.05) is 18.5 Å². The van der Waals surface area contributed by atoms with E-state index in [0.29, 0.717) is 11.3 Å². The lowest BCUT2D eigenvalue weighted by Crippen LogP contribution is -2.50. The second-order valence-electron chi connectivity index (χ2n) is 6.54. The van der Waals surface area contributed by atoms with Crippen molar-refractivity contribution >= 4 is 31.9 Å². The fraction of sp³-hybridized carbons (Fsp3) is 1.00. The van der Waals surface area contributed by atoms with Crippen molar-refractivity contribution in [1.82, 2.24) is 0 Å². The lowest BCUT2D eigenvalue weighted by molar-refractivity contribution is -0.192. The summed E-state index contributed by atoms with van der Waals surface area (Å²) in [4.78, 5) is 0. The van der Waals surface area contributed by atoms with Crippen LogP contribution in [-0.2, 0) is 9.47 Å². The number of hydrogen-bond donors (Lipinski definition) is 0. The van der Waals surface area contributed by atoms with Gasteiger partial charge in [0.2, 0.25) is 0 Å². The highest BCUT2D eigenvalue weighted by Gasteiger charge is 3.08. The first-order chi connectivity index (χ1) is 7.75. The molecule has 0 amide bonds.